The molecule has 0 amide bonds. The maximum Gasteiger partial charge on any atom is 0.144 e. The molecule has 5 nitrogen and oxygen atoms in total. The second-order valence-corrected chi connectivity index (χ2v) is 7.11. The minimum Gasteiger partial charge on any atom is -0.744 e. The first kappa shape index (κ1) is 18.8. The third-order valence-corrected chi connectivity index (χ3v) is 5.23. The average molecular weight is 327 g/mol. The van der Waals surface area contributed by atoms with Gasteiger partial charge in [-0.1, -0.05) is 17.7 Å². The number of ketones is 1. The molecule has 0 atom stereocenters. The fraction of sp³-hybridized carbons (Fsp3) is 0.562. The van der Waals surface area contributed by atoms with Crippen molar-refractivity contribution in [3.05, 3.63) is 29.8 Å². The van der Waals surface area contributed by atoms with Gasteiger partial charge in [-0.25, -0.2) is 8.42 Å². The van der Waals surface area contributed by atoms with E-state index in [2.05, 4.69) is 13.8 Å². The molecule has 124 valence electrons. The minimum absolute atomic E-state index is 0.178. The number of rotatable bonds is 3. The van der Waals surface area contributed by atoms with E-state index in [0.717, 1.165) is 36.0 Å². The average Bonchev–Trinajstić information content (AvgIpc) is 2.49. The van der Waals surface area contributed by atoms with Crippen LogP contribution in [-0.2, 0) is 14.9 Å². The van der Waals surface area contributed by atoms with Gasteiger partial charge in [0, 0.05) is 0 Å². The maximum absolute atomic E-state index is 11.0. The van der Waals surface area contributed by atoms with Gasteiger partial charge in [0.15, 0.2) is 0 Å². The Balaban J connectivity index is 0.000000220. The topological polar surface area (TPSA) is 74.3 Å². The van der Waals surface area contributed by atoms with Crippen molar-refractivity contribution >= 4 is 15.9 Å². The molecule has 1 fully saturated rings. The number of Topliss-reactive ketones (excluding diaryl/α,β-unsaturated/α-hetero) is 1. The number of carbonyl (C=O) groups excluding carboxylic acids is 1. The molecule has 6 heteroatoms. The predicted molar refractivity (Wildman–Crippen MR) is 84.5 cm³/mol. The van der Waals surface area contributed by atoms with Crippen molar-refractivity contribution in [2.45, 2.75) is 38.5 Å². The highest BCUT2D eigenvalue weighted by atomic mass is 32.2. The lowest BCUT2D eigenvalue weighted by atomic mass is 10.1. The molecule has 1 aliphatic rings. The first-order valence-electron chi connectivity index (χ1n) is 7.62. The van der Waals surface area contributed by atoms with Crippen LogP contribution in [0.3, 0.4) is 0 Å². The summed E-state index contributed by atoms with van der Waals surface area (Å²) in [6.45, 7) is 10.8. The van der Waals surface area contributed by atoms with Gasteiger partial charge in [0.1, 0.15) is 15.9 Å². The highest BCUT2D eigenvalue weighted by molar-refractivity contribution is 7.85. The summed E-state index contributed by atoms with van der Waals surface area (Å²) in [6, 6.07) is 5.78. The van der Waals surface area contributed by atoms with Crippen LogP contribution in [-0.4, -0.2) is 49.4 Å². The van der Waals surface area contributed by atoms with Gasteiger partial charge in [-0.15, -0.1) is 0 Å². The Bertz CT molecular complexity index is 577. The molecule has 0 unspecified atom stereocenters. The Morgan fingerprint density at radius 3 is 1.86 bits per heavy atom. The van der Waals surface area contributed by atoms with Gasteiger partial charge in [-0.05, 0) is 32.9 Å². The highest BCUT2D eigenvalue weighted by Crippen LogP contribution is 2.15. The summed E-state index contributed by atoms with van der Waals surface area (Å²) >= 11 is 0. The zero-order chi connectivity index (χ0) is 16.8. The van der Waals surface area contributed by atoms with Crippen molar-refractivity contribution < 1.29 is 22.2 Å². The molecule has 1 heterocycles. The summed E-state index contributed by atoms with van der Waals surface area (Å²) in [5.74, 6) is 0.459. The fourth-order valence-electron chi connectivity index (χ4n) is 2.52. The van der Waals surface area contributed by atoms with Gasteiger partial charge in [-0.3, -0.25) is 4.79 Å². The van der Waals surface area contributed by atoms with E-state index in [-0.39, 0.29) is 4.90 Å². The van der Waals surface area contributed by atoms with Crippen molar-refractivity contribution in [3.63, 3.8) is 0 Å². The van der Waals surface area contributed by atoms with E-state index >= 15 is 0 Å². The quantitative estimate of drug-likeness (QED) is 0.629. The fourth-order valence-corrected chi connectivity index (χ4v) is 2.99. The number of piperidine rings is 1. The molecule has 0 aliphatic carbocycles. The van der Waals surface area contributed by atoms with Crippen molar-refractivity contribution in [2.24, 2.45) is 0 Å². The zero-order valence-corrected chi connectivity index (χ0v) is 14.4. The number of carbonyl (C=O) groups is 1. The molecule has 0 radical (unpaired) electrons. The molecule has 0 bridgehead atoms. The Morgan fingerprint density at radius 1 is 1.05 bits per heavy atom. The van der Waals surface area contributed by atoms with E-state index in [0.29, 0.717) is 5.78 Å². The van der Waals surface area contributed by atoms with Crippen LogP contribution in [0.1, 0.15) is 32.3 Å². The lowest BCUT2D eigenvalue weighted by molar-refractivity contribution is -0.926. The molecule has 2 rings (SSSR count). The summed E-state index contributed by atoms with van der Waals surface area (Å²) in [5, 5.41) is 0. The number of nitrogens with zero attached hydrogens (tertiary/aromatic N) is 1. The standard InChI is InChI=1S/C9H18NO.C7H8O3S/c1-3-10(4-2)7-5-9(11)6-8-10;1-6-2-4-7(5-3-6)11(8,9)10/h3-8H2,1-2H3;2-5H,1H3,(H,8,9,10)/q+1;/p-1. The molecule has 0 aromatic heterocycles. The van der Waals surface area contributed by atoms with Crippen LogP contribution < -0.4 is 0 Å². The van der Waals surface area contributed by atoms with E-state index in [9.17, 15) is 17.8 Å². The summed E-state index contributed by atoms with van der Waals surface area (Å²) in [5.41, 5.74) is 0.928. The van der Waals surface area contributed by atoms with Crippen LogP contribution in [0, 0.1) is 6.92 Å². The summed E-state index contributed by atoms with van der Waals surface area (Å²) < 4.78 is 32.3. The van der Waals surface area contributed by atoms with Crippen LogP contribution in [0.4, 0.5) is 0 Å². The maximum atomic E-state index is 11.0. The van der Waals surface area contributed by atoms with Gasteiger partial charge in [-0.2, -0.15) is 0 Å². The summed E-state index contributed by atoms with van der Waals surface area (Å²) in [4.78, 5) is 10.8. The Labute approximate surface area is 133 Å². The van der Waals surface area contributed by atoms with Gasteiger partial charge >= 0.3 is 0 Å². The van der Waals surface area contributed by atoms with Gasteiger partial charge < -0.3 is 9.04 Å². The van der Waals surface area contributed by atoms with Crippen LogP contribution in [0.25, 0.3) is 0 Å². The first-order valence-corrected chi connectivity index (χ1v) is 9.02. The van der Waals surface area contributed by atoms with Crippen molar-refractivity contribution in [3.8, 4) is 0 Å². The van der Waals surface area contributed by atoms with E-state index in [1.807, 2.05) is 6.92 Å². The molecule has 1 aromatic rings. The normalized spacial score (nSPS) is 17.5. The van der Waals surface area contributed by atoms with Crippen LogP contribution in [0.5, 0.6) is 0 Å². The molecule has 22 heavy (non-hydrogen) atoms. The number of likely N-dealkylation sites (tertiary alicyclic amines) is 1. The molecule has 1 aliphatic heterocycles. The van der Waals surface area contributed by atoms with E-state index in [4.69, 9.17) is 0 Å². The molecule has 1 aromatic carbocycles. The third-order valence-electron chi connectivity index (χ3n) is 4.38. The molecule has 0 saturated carbocycles. The number of hydrogen-bond acceptors (Lipinski definition) is 4. The predicted octanol–water partition coefficient (Wildman–Crippen LogP) is 2.11. The largest absolute Gasteiger partial charge is 0.744 e. The Kier molecular flexibility index (Phi) is 6.71. The minimum atomic E-state index is -4.27. The van der Waals surface area contributed by atoms with Crippen LogP contribution >= 0.6 is 0 Å². The molecule has 1 saturated heterocycles. The second-order valence-electron chi connectivity index (χ2n) is 5.73. The Hall–Kier alpha value is -1.24. The molecular formula is C16H25NO4S. The number of quaternary nitrogens is 1. The SMILES string of the molecule is CC[N+]1(CC)CCC(=O)CC1.Cc1ccc(S(=O)(=O)[O-])cc1. The molecule has 0 N–H and O–H groups in total. The first-order chi connectivity index (χ1) is 10.2. The lowest BCUT2D eigenvalue weighted by Gasteiger charge is -2.39. The summed E-state index contributed by atoms with van der Waals surface area (Å²) in [7, 11) is -4.27. The van der Waals surface area contributed by atoms with Crippen LogP contribution in [0.15, 0.2) is 29.2 Å². The van der Waals surface area contributed by atoms with Gasteiger partial charge in [0.2, 0.25) is 0 Å². The number of benzene rings is 1. The van der Waals surface area contributed by atoms with E-state index in [1.54, 1.807) is 12.1 Å². The second kappa shape index (κ2) is 7.85. The number of aryl methyl sites for hydroxylation is 1. The van der Waals surface area contributed by atoms with Crippen molar-refractivity contribution in [1.29, 1.82) is 0 Å². The van der Waals surface area contributed by atoms with Crippen molar-refractivity contribution in [1.82, 2.24) is 0 Å². The molecule has 0 spiro atoms. The number of hydrogen-bond donors (Lipinski definition) is 0. The lowest BCUT2D eigenvalue weighted by Crippen LogP contribution is -2.52. The molecular weight excluding hydrogens is 302 g/mol. The highest BCUT2D eigenvalue weighted by Gasteiger charge is 2.29. The van der Waals surface area contributed by atoms with Crippen molar-refractivity contribution in [2.75, 3.05) is 26.2 Å². The van der Waals surface area contributed by atoms with E-state index in [1.165, 1.54) is 25.2 Å². The summed E-state index contributed by atoms with van der Waals surface area (Å²) in [6.07, 6.45) is 1.61. The monoisotopic (exact) mass is 327 g/mol. The van der Waals surface area contributed by atoms with E-state index < -0.39 is 10.1 Å². The zero-order valence-electron chi connectivity index (χ0n) is 13.5. The smallest absolute Gasteiger partial charge is 0.144 e. The van der Waals surface area contributed by atoms with Gasteiger partial charge in [0.25, 0.3) is 0 Å². The third kappa shape index (κ3) is 5.51. The van der Waals surface area contributed by atoms with Crippen LogP contribution in [0.2, 0.25) is 0 Å². The van der Waals surface area contributed by atoms with Gasteiger partial charge in [0.05, 0.1) is 43.9 Å². The Morgan fingerprint density at radius 2 is 1.50 bits per heavy atom.